The molecule has 2 amide bonds. The molecule has 3 rings (SSSR count). The van der Waals surface area contributed by atoms with Gasteiger partial charge in [-0.05, 0) is 17.7 Å². The average Bonchev–Trinajstić information content (AvgIpc) is 2.61. The van der Waals surface area contributed by atoms with Crippen LogP contribution in [0.1, 0.15) is 11.1 Å². The molecule has 0 radical (unpaired) electrons. The Hall–Kier alpha value is -3.73. The third kappa shape index (κ3) is 4.42. The molecule has 0 saturated heterocycles. The van der Waals surface area contributed by atoms with E-state index in [1.54, 1.807) is 0 Å². The van der Waals surface area contributed by atoms with Gasteiger partial charge in [0.05, 0.1) is 9.85 Å². The number of nitrogens with zero attached hydrogens (tertiary/aromatic N) is 2. The van der Waals surface area contributed by atoms with E-state index >= 15 is 0 Å². The number of carbonyl (C=O) groups excluding carboxylic acids is 1. The molecular weight excluding hydrogens is 344 g/mol. The van der Waals surface area contributed by atoms with Gasteiger partial charge >= 0.3 is 6.03 Å². The molecule has 1 aliphatic heterocycles. The first-order valence-electron chi connectivity index (χ1n) is 7.37. The molecule has 11 nitrogen and oxygen atoms in total. The van der Waals surface area contributed by atoms with E-state index in [1.807, 2.05) is 0 Å². The lowest BCUT2D eigenvalue weighted by Crippen LogP contribution is -2.33. The fourth-order valence-corrected chi connectivity index (χ4v) is 2.19. The van der Waals surface area contributed by atoms with Crippen LogP contribution in [0.4, 0.5) is 27.5 Å². The molecule has 1 aliphatic rings. The van der Waals surface area contributed by atoms with Gasteiger partial charge in [0.25, 0.3) is 11.4 Å². The topological polar surface area (TPSA) is 179 Å². The number of hydrogen-bond acceptors (Lipinski definition) is 7. The quantitative estimate of drug-likeness (QED) is 0.366. The van der Waals surface area contributed by atoms with Crippen molar-refractivity contribution < 1.29 is 14.6 Å². The number of nitrogens with one attached hydrogen (secondary N) is 2. The van der Waals surface area contributed by atoms with Crippen LogP contribution < -0.4 is 22.1 Å². The van der Waals surface area contributed by atoms with Crippen LogP contribution in [0.5, 0.6) is 0 Å². The Labute approximate surface area is 147 Å². The first-order chi connectivity index (χ1) is 12.3. The Morgan fingerprint density at radius 3 is 2.27 bits per heavy atom. The van der Waals surface area contributed by atoms with Crippen LogP contribution >= 0.6 is 0 Å². The van der Waals surface area contributed by atoms with Crippen LogP contribution in [0.25, 0.3) is 0 Å². The molecule has 26 heavy (non-hydrogen) atoms. The summed E-state index contributed by atoms with van der Waals surface area (Å²) in [5, 5.41) is 25.8. The smallest absolute Gasteiger partial charge is 0.319 e. The minimum atomic E-state index is -0.474. The molecular formula is C15H16N6O5. The zero-order valence-electron chi connectivity index (χ0n) is 13.5. The average molecular weight is 360 g/mol. The largest absolute Gasteiger partial charge is 0.398 e. The third-order valence-corrected chi connectivity index (χ3v) is 3.54. The number of amides is 2. The Morgan fingerprint density at radius 1 is 1.04 bits per heavy atom. The van der Waals surface area contributed by atoms with E-state index in [4.69, 9.17) is 11.5 Å². The molecule has 0 aliphatic carbocycles. The van der Waals surface area contributed by atoms with Crippen molar-refractivity contribution in [2.45, 2.75) is 13.1 Å². The maximum Gasteiger partial charge on any atom is 0.319 e. The summed E-state index contributed by atoms with van der Waals surface area (Å²) in [5.74, 6) is 0. The van der Waals surface area contributed by atoms with E-state index in [0.29, 0.717) is 23.5 Å². The van der Waals surface area contributed by atoms with Crippen molar-refractivity contribution in [3.8, 4) is 0 Å². The molecule has 0 atom stereocenters. The lowest BCUT2D eigenvalue weighted by atomic mass is 10.1. The predicted molar refractivity (Wildman–Crippen MR) is 94.4 cm³/mol. The Morgan fingerprint density at radius 2 is 1.65 bits per heavy atom. The number of hydrogen-bond donors (Lipinski definition) is 4. The zero-order valence-corrected chi connectivity index (χ0v) is 13.5. The Balaban J connectivity index is 0.000000190. The number of urea groups is 1. The zero-order chi connectivity index (χ0) is 19.3. The number of nitrogens with two attached hydrogens (primary N) is 2. The summed E-state index contributed by atoms with van der Waals surface area (Å²) in [6.45, 7) is 0.538. The monoisotopic (exact) mass is 360 g/mol. The number of rotatable bonds is 3. The molecule has 1 heterocycles. The molecule has 0 saturated carbocycles. The van der Waals surface area contributed by atoms with Crippen molar-refractivity contribution in [1.82, 2.24) is 5.32 Å². The van der Waals surface area contributed by atoms with E-state index in [-0.39, 0.29) is 24.0 Å². The van der Waals surface area contributed by atoms with Crippen LogP contribution in [0.15, 0.2) is 36.4 Å². The van der Waals surface area contributed by atoms with Crippen LogP contribution in [-0.2, 0) is 13.1 Å². The van der Waals surface area contributed by atoms with Gasteiger partial charge in [-0.3, -0.25) is 20.2 Å². The van der Waals surface area contributed by atoms with Crippen molar-refractivity contribution in [3.05, 3.63) is 67.8 Å². The number of nitrogen functional groups attached to an aromatic ring is 1. The lowest BCUT2D eigenvalue weighted by Gasteiger charge is -2.17. The molecule has 0 bridgehead atoms. The van der Waals surface area contributed by atoms with Crippen molar-refractivity contribution >= 4 is 28.8 Å². The summed E-state index contributed by atoms with van der Waals surface area (Å²) in [7, 11) is 0. The number of nitro groups is 2. The highest BCUT2D eigenvalue weighted by Gasteiger charge is 2.16. The van der Waals surface area contributed by atoms with Gasteiger partial charge in [0.2, 0.25) is 0 Å². The summed E-state index contributed by atoms with van der Waals surface area (Å²) in [6.07, 6.45) is 0. The van der Waals surface area contributed by atoms with E-state index < -0.39 is 9.85 Å². The van der Waals surface area contributed by atoms with Crippen LogP contribution in [0.3, 0.4) is 0 Å². The normalized spacial score (nSPS) is 12.0. The maximum atomic E-state index is 10.9. The minimum Gasteiger partial charge on any atom is -0.398 e. The third-order valence-electron chi connectivity index (χ3n) is 3.54. The second kappa shape index (κ2) is 7.90. The standard InChI is InChI=1S/C8H7N3O3.C7H9N3O2/c12-8-9-4-5-3-6(11(13)14)1-2-7(5)10-8;8-4-5-3-6(10(11)12)1-2-7(5)9/h1-3H,4H2,(H2,9,10,12);1-3H,4,8-9H2. The van der Waals surface area contributed by atoms with Crippen molar-refractivity contribution in [2.75, 3.05) is 11.1 Å². The number of anilines is 2. The van der Waals surface area contributed by atoms with Gasteiger partial charge in [-0.2, -0.15) is 0 Å². The fourth-order valence-electron chi connectivity index (χ4n) is 2.19. The van der Waals surface area contributed by atoms with E-state index in [9.17, 15) is 25.0 Å². The molecule has 11 heteroatoms. The molecule has 0 fully saturated rings. The molecule has 2 aromatic carbocycles. The van der Waals surface area contributed by atoms with Gasteiger partial charge in [-0.1, -0.05) is 0 Å². The van der Waals surface area contributed by atoms with Crippen molar-refractivity contribution in [3.63, 3.8) is 0 Å². The summed E-state index contributed by atoms with van der Waals surface area (Å²) >= 11 is 0. The summed E-state index contributed by atoms with van der Waals surface area (Å²) < 4.78 is 0. The summed E-state index contributed by atoms with van der Waals surface area (Å²) in [5.41, 5.74) is 13.3. The lowest BCUT2D eigenvalue weighted by molar-refractivity contribution is -0.385. The van der Waals surface area contributed by atoms with E-state index in [1.165, 1.54) is 36.4 Å². The highest BCUT2D eigenvalue weighted by molar-refractivity contribution is 5.92. The first-order valence-corrected chi connectivity index (χ1v) is 7.37. The van der Waals surface area contributed by atoms with Crippen molar-refractivity contribution in [2.24, 2.45) is 5.73 Å². The number of fused-ring (bicyclic) bond motifs is 1. The molecule has 136 valence electrons. The number of non-ortho nitro benzene ring substituents is 2. The number of nitro benzene ring substituents is 2. The van der Waals surface area contributed by atoms with Gasteiger partial charge in [0, 0.05) is 54.3 Å². The molecule has 6 N–H and O–H groups in total. The van der Waals surface area contributed by atoms with Crippen molar-refractivity contribution in [1.29, 1.82) is 0 Å². The fraction of sp³-hybridized carbons (Fsp3) is 0.133. The Kier molecular flexibility index (Phi) is 5.65. The maximum absolute atomic E-state index is 10.9. The van der Waals surface area contributed by atoms with E-state index in [0.717, 1.165) is 5.56 Å². The predicted octanol–water partition coefficient (Wildman–Crippen LogP) is 1.87. The van der Waals surface area contributed by atoms with Crippen LogP contribution in [0.2, 0.25) is 0 Å². The highest BCUT2D eigenvalue weighted by Crippen LogP contribution is 2.23. The number of benzene rings is 2. The second-order valence-electron chi connectivity index (χ2n) is 5.25. The second-order valence-corrected chi connectivity index (χ2v) is 5.25. The van der Waals surface area contributed by atoms with Gasteiger partial charge in [-0.25, -0.2) is 4.79 Å². The summed E-state index contributed by atoms with van der Waals surface area (Å²) in [6, 6.07) is 8.29. The minimum absolute atomic E-state index is 0.0182. The summed E-state index contributed by atoms with van der Waals surface area (Å²) in [4.78, 5) is 30.7. The van der Waals surface area contributed by atoms with Crippen LogP contribution in [-0.4, -0.2) is 15.9 Å². The molecule has 0 aromatic heterocycles. The van der Waals surface area contributed by atoms with Gasteiger partial charge in [0.15, 0.2) is 0 Å². The molecule has 0 unspecified atom stereocenters. The van der Waals surface area contributed by atoms with Gasteiger partial charge in [-0.15, -0.1) is 0 Å². The number of carbonyl (C=O) groups is 1. The van der Waals surface area contributed by atoms with E-state index in [2.05, 4.69) is 10.6 Å². The molecule has 0 spiro atoms. The Bertz CT molecular complexity index is 870. The highest BCUT2D eigenvalue weighted by atomic mass is 16.6. The van der Waals surface area contributed by atoms with Gasteiger partial charge in [0.1, 0.15) is 0 Å². The SMILES string of the molecule is NCc1cc([N+](=O)[O-])ccc1N.O=C1NCc2cc([N+](=O)[O-])ccc2N1. The first kappa shape index (κ1) is 18.6. The van der Waals surface area contributed by atoms with Crippen LogP contribution in [0, 0.1) is 20.2 Å². The molecule has 2 aromatic rings. The van der Waals surface area contributed by atoms with Gasteiger partial charge < -0.3 is 22.1 Å².